The van der Waals surface area contributed by atoms with Crippen molar-refractivity contribution >= 4 is 23.1 Å². The second-order valence-corrected chi connectivity index (χ2v) is 6.17. The zero-order chi connectivity index (χ0) is 17.9. The molecule has 0 radical (unpaired) electrons. The molecular formula is C17H14F2N2O3S. The Hall–Kier alpha value is -2.71. The van der Waals surface area contributed by atoms with E-state index in [2.05, 4.69) is 10.6 Å². The van der Waals surface area contributed by atoms with Crippen LogP contribution in [0, 0.1) is 11.6 Å². The van der Waals surface area contributed by atoms with Crippen molar-refractivity contribution in [2.75, 3.05) is 11.9 Å². The van der Waals surface area contributed by atoms with Gasteiger partial charge in [0.2, 0.25) is 0 Å². The first kappa shape index (κ1) is 17.1. The molecule has 0 aliphatic rings. The maximum atomic E-state index is 13.6. The summed E-state index contributed by atoms with van der Waals surface area (Å²) in [5.41, 5.74) is -2.15. The molecule has 0 saturated heterocycles. The van der Waals surface area contributed by atoms with E-state index in [1.54, 1.807) is 29.6 Å². The molecule has 0 spiro atoms. The fraction of sp³-hybridized carbons (Fsp3) is 0.118. The van der Waals surface area contributed by atoms with Gasteiger partial charge in [0, 0.05) is 4.88 Å². The van der Waals surface area contributed by atoms with Crippen LogP contribution in [-0.2, 0) is 5.60 Å². The third-order valence-electron chi connectivity index (χ3n) is 3.56. The van der Waals surface area contributed by atoms with E-state index in [1.807, 2.05) is 0 Å². The summed E-state index contributed by atoms with van der Waals surface area (Å²) in [6.45, 7) is -0.247. The lowest BCUT2D eigenvalue weighted by Crippen LogP contribution is -2.42. The Labute approximate surface area is 145 Å². The monoisotopic (exact) mass is 364 g/mol. The van der Waals surface area contributed by atoms with E-state index in [-0.39, 0.29) is 12.3 Å². The van der Waals surface area contributed by atoms with Gasteiger partial charge >= 0.3 is 6.03 Å². The number of amides is 2. The number of rotatable bonds is 5. The highest BCUT2D eigenvalue weighted by Crippen LogP contribution is 2.32. The minimum atomic E-state index is -1.59. The van der Waals surface area contributed by atoms with Gasteiger partial charge in [-0.3, -0.25) is 0 Å². The molecule has 0 saturated carbocycles. The third kappa shape index (κ3) is 3.54. The molecule has 0 aliphatic heterocycles. The first-order valence-corrected chi connectivity index (χ1v) is 8.18. The van der Waals surface area contributed by atoms with E-state index in [9.17, 15) is 18.7 Å². The average molecular weight is 364 g/mol. The molecular weight excluding hydrogens is 350 g/mol. The van der Waals surface area contributed by atoms with E-state index in [4.69, 9.17) is 4.42 Å². The minimum absolute atomic E-state index is 0.243. The van der Waals surface area contributed by atoms with Crippen molar-refractivity contribution in [1.82, 2.24) is 5.32 Å². The molecule has 3 aromatic rings. The van der Waals surface area contributed by atoms with Crippen LogP contribution >= 0.6 is 11.3 Å². The van der Waals surface area contributed by atoms with Gasteiger partial charge in [-0.2, -0.15) is 0 Å². The number of aliphatic hydroxyl groups is 1. The van der Waals surface area contributed by atoms with Gasteiger partial charge in [0.05, 0.1) is 12.8 Å². The maximum Gasteiger partial charge on any atom is 0.319 e. The Bertz CT molecular complexity index is 796. The second-order valence-electron chi connectivity index (χ2n) is 5.22. The Morgan fingerprint density at radius 1 is 1.16 bits per heavy atom. The van der Waals surface area contributed by atoms with Crippen molar-refractivity contribution in [3.05, 3.63) is 76.4 Å². The van der Waals surface area contributed by atoms with Crippen LogP contribution in [0.2, 0.25) is 0 Å². The molecule has 0 aliphatic carbocycles. The van der Waals surface area contributed by atoms with Crippen molar-refractivity contribution < 1.29 is 23.1 Å². The zero-order valence-electron chi connectivity index (χ0n) is 12.8. The lowest BCUT2D eigenvalue weighted by atomic mass is 9.99. The Morgan fingerprint density at radius 3 is 2.52 bits per heavy atom. The molecule has 2 heterocycles. The molecule has 1 aromatic carbocycles. The van der Waals surface area contributed by atoms with Crippen LogP contribution in [0.4, 0.5) is 19.3 Å². The Balaban J connectivity index is 1.75. The number of hydrogen-bond acceptors (Lipinski definition) is 4. The summed E-state index contributed by atoms with van der Waals surface area (Å²) in [6, 6.07) is 9.04. The number of para-hydroxylation sites is 1. The third-order valence-corrected chi connectivity index (χ3v) is 4.58. The van der Waals surface area contributed by atoms with Crippen molar-refractivity contribution in [1.29, 1.82) is 0 Å². The number of urea groups is 1. The van der Waals surface area contributed by atoms with Crippen LogP contribution in [-0.4, -0.2) is 17.7 Å². The highest BCUT2D eigenvalue weighted by Gasteiger charge is 2.36. The lowest BCUT2D eigenvalue weighted by Gasteiger charge is -2.25. The highest BCUT2D eigenvalue weighted by molar-refractivity contribution is 7.10. The van der Waals surface area contributed by atoms with E-state index in [0.717, 1.165) is 12.1 Å². The number of carbonyl (C=O) groups excluding carboxylic acids is 1. The van der Waals surface area contributed by atoms with Crippen molar-refractivity contribution in [2.24, 2.45) is 0 Å². The van der Waals surface area contributed by atoms with Gasteiger partial charge in [-0.05, 0) is 35.7 Å². The standard InChI is InChI=1S/C17H14F2N2O3S/c18-11-4-1-5-12(19)15(11)21-16(22)20-10-17(23,13-6-2-8-24-13)14-7-3-9-25-14/h1-9,23H,10H2,(H2,20,21,22). The first-order chi connectivity index (χ1) is 12.0. The van der Waals surface area contributed by atoms with Gasteiger partial charge in [0.15, 0.2) is 5.60 Å². The molecule has 3 N–H and O–H groups in total. The van der Waals surface area contributed by atoms with Crippen LogP contribution in [0.3, 0.4) is 0 Å². The smallest absolute Gasteiger partial charge is 0.319 e. The van der Waals surface area contributed by atoms with Gasteiger partial charge in [0.1, 0.15) is 23.1 Å². The quantitative estimate of drug-likeness (QED) is 0.647. The SMILES string of the molecule is O=C(NCC(O)(c1ccco1)c1cccs1)Nc1c(F)cccc1F. The van der Waals surface area contributed by atoms with E-state index >= 15 is 0 Å². The topological polar surface area (TPSA) is 74.5 Å². The van der Waals surface area contributed by atoms with E-state index in [1.165, 1.54) is 23.7 Å². The summed E-state index contributed by atoms with van der Waals surface area (Å²) in [7, 11) is 0. The van der Waals surface area contributed by atoms with Gasteiger partial charge in [-0.1, -0.05) is 12.1 Å². The number of carbonyl (C=O) groups is 1. The molecule has 130 valence electrons. The molecule has 3 rings (SSSR count). The molecule has 0 bridgehead atoms. The van der Waals surface area contributed by atoms with Crippen LogP contribution in [0.25, 0.3) is 0 Å². The van der Waals surface area contributed by atoms with Crippen LogP contribution in [0.1, 0.15) is 10.6 Å². The first-order valence-electron chi connectivity index (χ1n) is 7.30. The summed E-state index contributed by atoms with van der Waals surface area (Å²) >= 11 is 1.29. The second kappa shape index (κ2) is 7.04. The summed E-state index contributed by atoms with van der Waals surface area (Å²) in [6.07, 6.45) is 1.41. The number of hydrogen-bond donors (Lipinski definition) is 3. The molecule has 1 unspecified atom stereocenters. The van der Waals surface area contributed by atoms with E-state index < -0.39 is 29.0 Å². The van der Waals surface area contributed by atoms with Crippen LogP contribution in [0.15, 0.2) is 58.5 Å². The number of furan rings is 1. The molecule has 0 fully saturated rings. The van der Waals surface area contributed by atoms with Crippen molar-refractivity contribution in [3.8, 4) is 0 Å². The predicted molar refractivity (Wildman–Crippen MR) is 89.4 cm³/mol. The molecule has 1 atom stereocenters. The number of nitrogens with one attached hydrogen (secondary N) is 2. The number of benzene rings is 1. The summed E-state index contributed by atoms with van der Waals surface area (Å²) in [5.74, 6) is -1.54. The molecule has 25 heavy (non-hydrogen) atoms. The fourth-order valence-electron chi connectivity index (χ4n) is 2.31. The van der Waals surface area contributed by atoms with Gasteiger partial charge in [-0.15, -0.1) is 11.3 Å². The summed E-state index contributed by atoms with van der Waals surface area (Å²) < 4.78 is 32.4. The number of anilines is 1. The van der Waals surface area contributed by atoms with E-state index in [0.29, 0.717) is 4.88 Å². The average Bonchev–Trinajstić information content (AvgIpc) is 3.30. The Morgan fingerprint density at radius 2 is 1.92 bits per heavy atom. The zero-order valence-corrected chi connectivity index (χ0v) is 13.6. The largest absolute Gasteiger partial charge is 0.466 e. The molecule has 8 heteroatoms. The Kier molecular flexibility index (Phi) is 4.82. The van der Waals surface area contributed by atoms with Gasteiger partial charge < -0.3 is 20.2 Å². The van der Waals surface area contributed by atoms with Crippen LogP contribution < -0.4 is 10.6 Å². The number of halogens is 2. The van der Waals surface area contributed by atoms with Gasteiger partial charge in [-0.25, -0.2) is 13.6 Å². The maximum absolute atomic E-state index is 13.6. The van der Waals surface area contributed by atoms with Crippen LogP contribution in [0.5, 0.6) is 0 Å². The molecule has 5 nitrogen and oxygen atoms in total. The molecule has 2 amide bonds. The predicted octanol–water partition coefficient (Wildman–Crippen LogP) is 3.68. The molecule has 2 aromatic heterocycles. The fourth-order valence-corrected chi connectivity index (χ4v) is 3.14. The highest BCUT2D eigenvalue weighted by atomic mass is 32.1. The van der Waals surface area contributed by atoms with Crippen molar-refractivity contribution in [3.63, 3.8) is 0 Å². The summed E-state index contributed by atoms with van der Waals surface area (Å²) in [5, 5.41) is 17.3. The minimum Gasteiger partial charge on any atom is -0.466 e. The van der Waals surface area contributed by atoms with Gasteiger partial charge in [0.25, 0.3) is 0 Å². The normalized spacial score (nSPS) is 13.2. The number of thiophene rings is 1. The summed E-state index contributed by atoms with van der Waals surface area (Å²) in [4.78, 5) is 12.6. The van der Waals surface area contributed by atoms with Crippen molar-refractivity contribution in [2.45, 2.75) is 5.60 Å². The lowest BCUT2D eigenvalue weighted by molar-refractivity contribution is 0.0628.